The molecule has 0 saturated heterocycles. The van der Waals surface area contributed by atoms with E-state index in [1.165, 1.54) is 23.0 Å². The Labute approximate surface area is 162 Å². The van der Waals surface area contributed by atoms with Gasteiger partial charge in [-0.05, 0) is 41.8 Å². The third-order valence-electron chi connectivity index (χ3n) is 3.92. The number of amides is 1. The number of carbonyl (C=O) groups is 1. The summed E-state index contributed by atoms with van der Waals surface area (Å²) in [6.07, 6.45) is 4.82. The highest BCUT2D eigenvalue weighted by Gasteiger charge is 2.07. The molecule has 0 saturated carbocycles. The SMILES string of the molecule is COc1cc(C=CC(=O)Nc2nccs2)ccc1OCc1ccccc1C. The fourth-order valence-electron chi connectivity index (χ4n) is 2.44. The number of aromatic nitrogens is 1. The number of hydrogen-bond acceptors (Lipinski definition) is 5. The van der Waals surface area contributed by atoms with E-state index in [0.29, 0.717) is 23.2 Å². The zero-order valence-electron chi connectivity index (χ0n) is 15.1. The number of hydrogen-bond donors (Lipinski definition) is 1. The van der Waals surface area contributed by atoms with Gasteiger partial charge in [-0.15, -0.1) is 11.3 Å². The minimum Gasteiger partial charge on any atom is -0.493 e. The molecule has 1 aromatic heterocycles. The van der Waals surface area contributed by atoms with Gasteiger partial charge < -0.3 is 9.47 Å². The maximum Gasteiger partial charge on any atom is 0.250 e. The van der Waals surface area contributed by atoms with Gasteiger partial charge in [0.2, 0.25) is 5.91 Å². The second-order valence-electron chi connectivity index (χ2n) is 5.79. The number of nitrogens with zero attached hydrogens (tertiary/aromatic N) is 1. The van der Waals surface area contributed by atoms with Crippen LogP contribution in [0.2, 0.25) is 0 Å². The monoisotopic (exact) mass is 380 g/mol. The number of carbonyl (C=O) groups excluding carboxylic acids is 1. The predicted octanol–water partition coefficient (Wildman–Crippen LogP) is 4.69. The van der Waals surface area contributed by atoms with Gasteiger partial charge in [-0.3, -0.25) is 10.1 Å². The lowest BCUT2D eigenvalue weighted by molar-refractivity contribution is -0.111. The smallest absolute Gasteiger partial charge is 0.250 e. The fourth-order valence-corrected chi connectivity index (χ4v) is 2.97. The average Bonchev–Trinajstić information content (AvgIpc) is 3.19. The van der Waals surface area contributed by atoms with E-state index >= 15 is 0 Å². The summed E-state index contributed by atoms with van der Waals surface area (Å²) >= 11 is 1.37. The number of nitrogens with one attached hydrogen (secondary N) is 1. The van der Waals surface area contributed by atoms with Crippen molar-refractivity contribution in [2.24, 2.45) is 0 Å². The van der Waals surface area contributed by atoms with Crippen LogP contribution in [0.4, 0.5) is 5.13 Å². The molecule has 0 unspecified atom stereocenters. The Kier molecular flexibility index (Phi) is 6.22. The lowest BCUT2D eigenvalue weighted by Gasteiger charge is -2.12. The Morgan fingerprint density at radius 2 is 2.07 bits per heavy atom. The molecule has 3 rings (SSSR count). The van der Waals surface area contributed by atoms with Gasteiger partial charge in [-0.1, -0.05) is 30.3 Å². The van der Waals surface area contributed by atoms with Crippen LogP contribution in [-0.2, 0) is 11.4 Å². The van der Waals surface area contributed by atoms with Crippen LogP contribution in [0.15, 0.2) is 60.1 Å². The van der Waals surface area contributed by atoms with Crippen LogP contribution in [0.3, 0.4) is 0 Å². The third kappa shape index (κ3) is 5.18. The van der Waals surface area contributed by atoms with Crippen LogP contribution in [0.5, 0.6) is 11.5 Å². The molecule has 0 fully saturated rings. The number of anilines is 1. The summed E-state index contributed by atoms with van der Waals surface area (Å²) in [5, 5.41) is 5.08. The van der Waals surface area contributed by atoms with E-state index in [2.05, 4.69) is 23.3 Å². The van der Waals surface area contributed by atoms with Gasteiger partial charge in [0.15, 0.2) is 16.6 Å². The van der Waals surface area contributed by atoms with Crippen LogP contribution < -0.4 is 14.8 Å². The summed E-state index contributed by atoms with van der Waals surface area (Å²) in [5.41, 5.74) is 3.15. The first-order chi connectivity index (χ1) is 13.2. The molecule has 3 aromatic rings. The van der Waals surface area contributed by atoms with Crippen molar-refractivity contribution in [3.8, 4) is 11.5 Å². The number of ether oxygens (including phenoxy) is 2. The van der Waals surface area contributed by atoms with Gasteiger partial charge in [-0.2, -0.15) is 0 Å². The first-order valence-corrected chi connectivity index (χ1v) is 9.27. The lowest BCUT2D eigenvalue weighted by atomic mass is 10.1. The Bertz CT molecular complexity index is 936. The number of thiazole rings is 1. The molecule has 27 heavy (non-hydrogen) atoms. The molecule has 1 N–H and O–H groups in total. The standard InChI is InChI=1S/C21H20N2O3S/c1-15-5-3-4-6-17(15)14-26-18-9-7-16(13-19(18)25-2)8-10-20(24)23-21-22-11-12-27-21/h3-13H,14H2,1-2H3,(H,22,23,24). The molecular weight excluding hydrogens is 360 g/mol. The minimum atomic E-state index is -0.233. The lowest BCUT2D eigenvalue weighted by Crippen LogP contribution is -2.07. The number of benzene rings is 2. The molecule has 0 bridgehead atoms. The average molecular weight is 380 g/mol. The van der Waals surface area contributed by atoms with Crippen molar-refractivity contribution in [3.63, 3.8) is 0 Å². The second kappa shape index (κ2) is 9.00. The summed E-state index contributed by atoms with van der Waals surface area (Å²) < 4.78 is 11.3. The van der Waals surface area contributed by atoms with Crippen LogP contribution in [0.25, 0.3) is 6.08 Å². The van der Waals surface area contributed by atoms with Crippen molar-refractivity contribution in [1.82, 2.24) is 4.98 Å². The highest BCUT2D eigenvalue weighted by Crippen LogP contribution is 2.29. The number of aryl methyl sites for hydroxylation is 1. The quantitative estimate of drug-likeness (QED) is 0.604. The zero-order chi connectivity index (χ0) is 19.1. The second-order valence-corrected chi connectivity index (χ2v) is 6.68. The molecule has 0 aliphatic rings. The first kappa shape index (κ1) is 18.7. The van der Waals surface area contributed by atoms with Gasteiger partial charge in [0.1, 0.15) is 6.61 Å². The topological polar surface area (TPSA) is 60.5 Å². The summed E-state index contributed by atoms with van der Waals surface area (Å²) in [4.78, 5) is 15.9. The summed E-state index contributed by atoms with van der Waals surface area (Å²) in [6.45, 7) is 2.52. The van der Waals surface area contributed by atoms with Crippen LogP contribution in [0, 0.1) is 6.92 Å². The van der Waals surface area contributed by atoms with Crippen molar-refractivity contribution < 1.29 is 14.3 Å². The molecule has 6 heteroatoms. The third-order valence-corrected chi connectivity index (χ3v) is 4.61. The molecule has 0 atom stereocenters. The Morgan fingerprint density at radius 3 is 2.81 bits per heavy atom. The Hall–Kier alpha value is -3.12. The Morgan fingerprint density at radius 1 is 1.22 bits per heavy atom. The fraction of sp³-hybridized carbons (Fsp3) is 0.143. The molecule has 1 amide bonds. The van der Waals surface area contributed by atoms with E-state index in [1.807, 2.05) is 36.4 Å². The van der Waals surface area contributed by atoms with Gasteiger partial charge in [0, 0.05) is 17.7 Å². The molecule has 0 aliphatic heterocycles. The number of methoxy groups -OCH3 is 1. The summed E-state index contributed by atoms with van der Waals surface area (Å²) in [5.74, 6) is 1.04. The van der Waals surface area contributed by atoms with E-state index in [1.54, 1.807) is 24.8 Å². The minimum absolute atomic E-state index is 0.233. The van der Waals surface area contributed by atoms with E-state index in [-0.39, 0.29) is 5.91 Å². The Balaban J connectivity index is 1.65. The van der Waals surface area contributed by atoms with E-state index in [0.717, 1.165) is 11.1 Å². The van der Waals surface area contributed by atoms with Crippen molar-refractivity contribution in [2.75, 3.05) is 12.4 Å². The molecule has 0 radical (unpaired) electrons. The summed E-state index contributed by atoms with van der Waals surface area (Å²) in [6, 6.07) is 13.7. The predicted molar refractivity (Wildman–Crippen MR) is 108 cm³/mol. The highest BCUT2D eigenvalue weighted by molar-refractivity contribution is 7.13. The van der Waals surface area contributed by atoms with Gasteiger partial charge in [0.05, 0.1) is 7.11 Å². The van der Waals surface area contributed by atoms with Crippen LogP contribution in [0.1, 0.15) is 16.7 Å². The van der Waals surface area contributed by atoms with Crippen molar-refractivity contribution in [1.29, 1.82) is 0 Å². The van der Waals surface area contributed by atoms with Crippen LogP contribution in [-0.4, -0.2) is 18.0 Å². The summed E-state index contributed by atoms with van der Waals surface area (Å²) in [7, 11) is 1.60. The maximum absolute atomic E-state index is 11.9. The van der Waals surface area contributed by atoms with Gasteiger partial charge in [-0.25, -0.2) is 4.98 Å². The molecule has 5 nitrogen and oxygen atoms in total. The normalized spacial score (nSPS) is 10.7. The highest BCUT2D eigenvalue weighted by atomic mass is 32.1. The molecule has 0 aliphatic carbocycles. The molecule has 2 aromatic carbocycles. The van der Waals surface area contributed by atoms with Crippen LogP contribution >= 0.6 is 11.3 Å². The molecular formula is C21H20N2O3S. The van der Waals surface area contributed by atoms with Crippen molar-refractivity contribution >= 4 is 28.5 Å². The molecule has 0 spiro atoms. The maximum atomic E-state index is 11.9. The van der Waals surface area contributed by atoms with E-state index < -0.39 is 0 Å². The molecule has 1 heterocycles. The largest absolute Gasteiger partial charge is 0.493 e. The van der Waals surface area contributed by atoms with Crippen molar-refractivity contribution in [2.45, 2.75) is 13.5 Å². The first-order valence-electron chi connectivity index (χ1n) is 8.39. The van der Waals surface area contributed by atoms with E-state index in [4.69, 9.17) is 9.47 Å². The molecule has 138 valence electrons. The van der Waals surface area contributed by atoms with E-state index in [9.17, 15) is 4.79 Å². The van der Waals surface area contributed by atoms with Crippen molar-refractivity contribution in [3.05, 3.63) is 76.8 Å². The van der Waals surface area contributed by atoms with Gasteiger partial charge >= 0.3 is 0 Å². The zero-order valence-corrected chi connectivity index (χ0v) is 16.0. The van der Waals surface area contributed by atoms with Gasteiger partial charge in [0.25, 0.3) is 0 Å². The number of rotatable bonds is 7.